The summed E-state index contributed by atoms with van der Waals surface area (Å²) >= 11 is 0. The Morgan fingerprint density at radius 3 is 2.18 bits per heavy atom. The molecule has 0 spiro atoms. The zero-order valence-corrected chi connectivity index (χ0v) is 26.8. The van der Waals surface area contributed by atoms with Gasteiger partial charge in [0.15, 0.2) is 0 Å². The summed E-state index contributed by atoms with van der Waals surface area (Å²) in [4.78, 5) is 0. The van der Waals surface area contributed by atoms with E-state index >= 15 is 0 Å². The number of fused-ring (bicyclic) bond motifs is 5. The number of hydrogen-bond acceptors (Lipinski definition) is 10. The van der Waals surface area contributed by atoms with Crippen LogP contribution in [0.4, 0.5) is 0 Å². The second-order valence-corrected chi connectivity index (χ2v) is 14.7. The smallest absolute Gasteiger partial charge is 0.726 e. The second-order valence-electron chi connectivity index (χ2n) is 13.7. The molecule has 10 nitrogen and oxygen atoms in total. The molecule has 14 atom stereocenters. The first kappa shape index (κ1) is 34.1. The van der Waals surface area contributed by atoms with Gasteiger partial charge in [-0.25, -0.2) is 8.42 Å². The molecule has 1 unspecified atom stereocenters. The molecule has 0 saturated heterocycles. The monoisotopic (exact) mass is 586 g/mol. The molecule has 4 saturated carbocycles. The van der Waals surface area contributed by atoms with Gasteiger partial charge in [-0.15, -0.1) is 0 Å². The maximum atomic E-state index is 12.4. The molecule has 12 heteroatoms. The Morgan fingerprint density at radius 1 is 0.949 bits per heavy atom. The van der Waals surface area contributed by atoms with Crippen LogP contribution >= 0.6 is 0 Å². The first-order valence-corrected chi connectivity index (χ1v) is 15.5. The zero-order valence-electron chi connectivity index (χ0n) is 23.9. The molecule has 0 amide bonds. The molecule has 0 bridgehead atoms. The summed E-state index contributed by atoms with van der Waals surface area (Å²) in [5.41, 5.74) is -2.99. The van der Waals surface area contributed by atoms with Gasteiger partial charge in [-0.2, -0.15) is 0 Å². The zero-order chi connectivity index (χ0) is 28.4. The second kappa shape index (κ2) is 12.0. The van der Waals surface area contributed by atoms with Gasteiger partial charge >= 0.3 is 29.6 Å². The van der Waals surface area contributed by atoms with Crippen LogP contribution in [-0.4, -0.2) is 86.3 Å². The van der Waals surface area contributed by atoms with Gasteiger partial charge in [0.05, 0.1) is 31.0 Å². The topological polar surface area (TPSA) is 188 Å². The summed E-state index contributed by atoms with van der Waals surface area (Å²) in [5.74, 6) is -2.14. The molecule has 0 aromatic heterocycles. The molecule has 0 aliphatic heterocycles. The van der Waals surface area contributed by atoms with Crippen LogP contribution in [0.2, 0.25) is 0 Å². The Hall–Kier alpha value is 0.630. The van der Waals surface area contributed by atoms with Gasteiger partial charge < -0.3 is 35.2 Å². The van der Waals surface area contributed by atoms with E-state index in [1.165, 1.54) is 0 Å². The van der Waals surface area contributed by atoms with Crippen molar-refractivity contribution in [2.45, 2.75) is 115 Å². The Kier molecular flexibility index (Phi) is 10.5. The molecule has 4 aliphatic rings. The predicted molar refractivity (Wildman–Crippen MR) is 136 cm³/mol. The summed E-state index contributed by atoms with van der Waals surface area (Å²) in [5, 5.41) is 68.0. The third kappa shape index (κ3) is 5.79. The maximum absolute atomic E-state index is 12.4. The van der Waals surface area contributed by atoms with E-state index in [4.69, 9.17) is 0 Å². The van der Waals surface area contributed by atoms with Crippen molar-refractivity contribution >= 4 is 10.4 Å². The van der Waals surface area contributed by atoms with Crippen molar-refractivity contribution in [3.63, 3.8) is 0 Å². The molecule has 4 aliphatic carbocycles. The van der Waals surface area contributed by atoms with Crippen LogP contribution in [0.5, 0.6) is 0 Å². The Bertz CT molecular complexity index is 968. The number of rotatable bonds is 8. The van der Waals surface area contributed by atoms with Gasteiger partial charge in [0.25, 0.3) is 0 Å². The summed E-state index contributed by atoms with van der Waals surface area (Å²) < 4.78 is 36.5. The van der Waals surface area contributed by atoms with Crippen LogP contribution in [0, 0.1) is 46.3 Å². The van der Waals surface area contributed by atoms with Crippen LogP contribution < -0.4 is 29.6 Å². The minimum atomic E-state index is -4.73. The summed E-state index contributed by atoms with van der Waals surface area (Å²) in [6.07, 6.45) is -0.962. The molecule has 39 heavy (non-hydrogen) atoms. The maximum Gasteiger partial charge on any atom is 1.00 e. The van der Waals surface area contributed by atoms with Gasteiger partial charge in [0.1, 0.15) is 11.7 Å². The standard InChI is InChI=1S/C27H48O10S.Na/c1-14(13-37-38(34,35)36)6-5-7-15(2)19-21(30)22(31)23-26(19,4)11-9-18-25(3)10-8-16(28)12-17(25)20(29)24(32)27(18,23)33;/h14-24,28-33H,5-13H2,1-4H3,(H,34,35,36);/q;+1/p-1/t14?,15-,16+,17-,18-,19+,20-,21-,22+,23-,24-,25+,26-,27+;/m1./s1. The fraction of sp³-hybridized carbons (Fsp3) is 1.00. The summed E-state index contributed by atoms with van der Waals surface area (Å²) in [6, 6.07) is 0. The Labute approximate surface area is 254 Å². The van der Waals surface area contributed by atoms with E-state index in [1.54, 1.807) is 6.92 Å². The molecule has 4 rings (SSSR count). The van der Waals surface area contributed by atoms with Gasteiger partial charge in [0.2, 0.25) is 10.4 Å². The molecule has 0 heterocycles. The van der Waals surface area contributed by atoms with Crippen LogP contribution in [0.1, 0.15) is 79.1 Å². The minimum absolute atomic E-state index is 0. The predicted octanol–water partition coefficient (Wildman–Crippen LogP) is -2.07. The third-order valence-corrected chi connectivity index (χ3v) is 11.8. The number of aliphatic hydroxyl groups is 6. The molecule has 4 fully saturated rings. The van der Waals surface area contributed by atoms with E-state index < -0.39 is 69.2 Å². The summed E-state index contributed by atoms with van der Waals surface area (Å²) in [7, 11) is -4.73. The van der Waals surface area contributed by atoms with Crippen molar-refractivity contribution in [3.8, 4) is 0 Å². The van der Waals surface area contributed by atoms with Crippen molar-refractivity contribution < 1.29 is 77.4 Å². The van der Waals surface area contributed by atoms with E-state index in [2.05, 4.69) is 4.18 Å². The van der Waals surface area contributed by atoms with E-state index in [1.807, 2.05) is 20.8 Å². The SMILES string of the molecule is CC(CCC[C@@H](C)[C@H]1[C@@H](O)[C@H](O)[C@@H]2[C@]1(C)CC[C@@H]1[C@@]3(C)CC[C@H](O)C[C@@H]3[C@@H](O)[C@@H](O)[C@]12O)COS(=O)(=O)[O-].[Na+]. The Balaban J connectivity index is 0.00000420. The van der Waals surface area contributed by atoms with Crippen LogP contribution in [0.25, 0.3) is 0 Å². The van der Waals surface area contributed by atoms with Gasteiger partial charge in [-0.05, 0) is 78.9 Å². The molecule has 6 N–H and O–H groups in total. The van der Waals surface area contributed by atoms with Crippen LogP contribution in [0.3, 0.4) is 0 Å². The molecular weight excluding hydrogens is 539 g/mol. The van der Waals surface area contributed by atoms with Gasteiger partial charge in [-0.3, -0.25) is 4.18 Å². The van der Waals surface area contributed by atoms with E-state index in [-0.39, 0.29) is 59.8 Å². The van der Waals surface area contributed by atoms with Crippen molar-refractivity contribution in [1.29, 1.82) is 0 Å². The summed E-state index contributed by atoms with van der Waals surface area (Å²) in [6.45, 7) is 7.61. The first-order chi connectivity index (χ1) is 17.5. The van der Waals surface area contributed by atoms with E-state index in [0.29, 0.717) is 51.4 Å². The largest absolute Gasteiger partial charge is 1.00 e. The quantitative estimate of drug-likeness (QED) is 0.105. The fourth-order valence-electron chi connectivity index (χ4n) is 9.71. The van der Waals surface area contributed by atoms with E-state index in [9.17, 15) is 43.6 Å². The molecule has 0 aromatic carbocycles. The van der Waals surface area contributed by atoms with Crippen LogP contribution in [-0.2, 0) is 14.6 Å². The molecular formula is C27H47NaO10S. The first-order valence-electron chi connectivity index (χ1n) is 14.2. The normalized spacial score (nSPS) is 49.3. The Morgan fingerprint density at radius 2 is 1.56 bits per heavy atom. The molecule has 222 valence electrons. The average Bonchev–Trinajstić information content (AvgIpc) is 3.03. The van der Waals surface area contributed by atoms with Gasteiger partial charge in [-0.1, -0.05) is 40.5 Å². The number of hydrogen-bond donors (Lipinski definition) is 6. The van der Waals surface area contributed by atoms with Crippen molar-refractivity contribution in [3.05, 3.63) is 0 Å². The van der Waals surface area contributed by atoms with Crippen LogP contribution in [0.15, 0.2) is 0 Å². The average molecular weight is 587 g/mol. The minimum Gasteiger partial charge on any atom is -0.726 e. The van der Waals surface area contributed by atoms with Crippen molar-refractivity contribution in [2.24, 2.45) is 46.3 Å². The van der Waals surface area contributed by atoms with Crippen molar-refractivity contribution in [2.75, 3.05) is 6.61 Å². The van der Waals surface area contributed by atoms with E-state index in [0.717, 1.165) is 0 Å². The molecule has 0 aromatic rings. The molecule has 0 radical (unpaired) electrons. The third-order valence-electron chi connectivity index (χ3n) is 11.4. The van der Waals surface area contributed by atoms with Crippen molar-refractivity contribution in [1.82, 2.24) is 0 Å². The fourth-order valence-corrected chi connectivity index (χ4v) is 10.1. The van der Waals surface area contributed by atoms with Gasteiger partial charge in [0, 0.05) is 5.92 Å². The number of aliphatic hydroxyl groups excluding tert-OH is 5.